The van der Waals surface area contributed by atoms with Crippen molar-refractivity contribution in [3.63, 3.8) is 0 Å². The molecule has 0 aromatic carbocycles. The first-order chi connectivity index (χ1) is 29.4. The Balaban J connectivity index is 2.41. The smallest absolute Gasteiger partial charge is 0.462 e. The lowest BCUT2D eigenvalue weighted by atomic mass is 9.85. The molecule has 1 saturated carbocycles. The SMILES string of the molecule is CCCCCC/C=C/CCCCCCCC(=O)O[C@@H](COC(=O)CCCCCCCCCCC/C=C/CCCCCCCC)COP(=O)(O)OC1C(O)C(O)C(O)[C@H](O)C1O. The Morgan fingerprint density at radius 1 is 0.492 bits per heavy atom. The van der Waals surface area contributed by atoms with Crippen LogP contribution in [0, 0.1) is 0 Å². The summed E-state index contributed by atoms with van der Waals surface area (Å²) >= 11 is 0. The molecule has 1 rings (SSSR count). The molecule has 61 heavy (non-hydrogen) atoms. The van der Waals surface area contributed by atoms with E-state index in [1.54, 1.807) is 0 Å². The third kappa shape index (κ3) is 30.2. The zero-order chi connectivity index (χ0) is 45.0. The number of phosphoric acid groups is 1. The number of rotatable bonds is 40. The number of allylic oxidation sites excluding steroid dienone is 4. The zero-order valence-corrected chi connectivity index (χ0v) is 38.9. The summed E-state index contributed by atoms with van der Waals surface area (Å²) in [7, 11) is -5.12. The molecule has 1 aliphatic carbocycles. The van der Waals surface area contributed by atoms with Crippen molar-refractivity contribution in [1.82, 2.24) is 0 Å². The monoisotopic (exact) mass is 891 g/mol. The standard InChI is InChI=1S/C47H87O13P/c1-3-5-7-9-11-13-15-17-18-19-20-21-22-24-25-27-29-31-33-35-40(48)57-37-39(38-58-61(55,56)60-47-45(53)43(51)42(50)44(52)46(47)54)59-41(49)36-34-32-30-28-26-23-16-14-12-10-8-6-4-2/h14,16-18,39,42-47,50-54H,3-13,15,19-38H2,1-2H3,(H,55,56)/b16-14+,18-17+/t39-,42?,43-,44?,45?,46?,47?/m0/s1. The van der Waals surface area contributed by atoms with Crippen LogP contribution in [-0.4, -0.2) is 98.3 Å². The quantitative estimate of drug-likeness (QED) is 0.0147. The summed E-state index contributed by atoms with van der Waals surface area (Å²) < 4.78 is 33.5. The van der Waals surface area contributed by atoms with Crippen LogP contribution in [0.3, 0.4) is 0 Å². The lowest BCUT2D eigenvalue weighted by molar-refractivity contribution is -0.220. The molecule has 8 atom stereocenters. The van der Waals surface area contributed by atoms with Crippen LogP contribution >= 0.6 is 7.82 Å². The maximum Gasteiger partial charge on any atom is 0.472 e. The Labute approximate surface area is 368 Å². The van der Waals surface area contributed by atoms with Gasteiger partial charge in [0, 0.05) is 12.8 Å². The molecular formula is C47H87O13P. The minimum Gasteiger partial charge on any atom is -0.462 e. The van der Waals surface area contributed by atoms with Crippen LogP contribution in [0.4, 0.5) is 0 Å². The average Bonchev–Trinajstić information content (AvgIpc) is 3.24. The van der Waals surface area contributed by atoms with Crippen LogP contribution in [0.25, 0.3) is 0 Å². The van der Waals surface area contributed by atoms with Crippen molar-refractivity contribution in [2.45, 2.75) is 249 Å². The fraction of sp³-hybridized carbons (Fsp3) is 0.872. The number of carbonyl (C=O) groups is 2. The lowest BCUT2D eigenvalue weighted by Gasteiger charge is -2.41. The molecule has 358 valence electrons. The number of aliphatic hydroxyl groups is 5. The van der Waals surface area contributed by atoms with Gasteiger partial charge in [0.1, 0.15) is 43.2 Å². The van der Waals surface area contributed by atoms with Gasteiger partial charge in [0.05, 0.1) is 6.61 Å². The molecule has 6 unspecified atom stereocenters. The van der Waals surface area contributed by atoms with Crippen molar-refractivity contribution in [3.8, 4) is 0 Å². The highest BCUT2D eigenvalue weighted by Crippen LogP contribution is 2.47. The van der Waals surface area contributed by atoms with Crippen molar-refractivity contribution in [2.75, 3.05) is 13.2 Å². The minimum atomic E-state index is -5.12. The summed E-state index contributed by atoms with van der Waals surface area (Å²) in [6.07, 6.45) is 28.0. The molecule has 0 aromatic rings. The topological polar surface area (TPSA) is 210 Å². The number of esters is 2. The first kappa shape index (κ1) is 57.3. The van der Waals surface area contributed by atoms with Gasteiger partial charge < -0.3 is 39.9 Å². The first-order valence-corrected chi connectivity index (χ1v) is 25.6. The second kappa shape index (κ2) is 37.7. The third-order valence-corrected chi connectivity index (χ3v) is 12.3. The molecule has 0 spiro atoms. The van der Waals surface area contributed by atoms with E-state index in [4.69, 9.17) is 18.5 Å². The van der Waals surface area contributed by atoms with E-state index in [2.05, 4.69) is 38.2 Å². The van der Waals surface area contributed by atoms with Crippen LogP contribution in [0.2, 0.25) is 0 Å². The van der Waals surface area contributed by atoms with Crippen LogP contribution in [0.15, 0.2) is 24.3 Å². The van der Waals surface area contributed by atoms with Gasteiger partial charge in [-0.25, -0.2) is 4.57 Å². The number of unbranched alkanes of at least 4 members (excludes halogenated alkanes) is 24. The van der Waals surface area contributed by atoms with E-state index in [0.29, 0.717) is 12.8 Å². The molecule has 0 saturated heterocycles. The van der Waals surface area contributed by atoms with Gasteiger partial charge in [-0.2, -0.15) is 0 Å². The van der Waals surface area contributed by atoms with Crippen LogP contribution in [0.5, 0.6) is 0 Å². The van der Waals surface area contributed by atoms with Gasteiger partial charge in [-0.05, 0) is 64.2 Å². The van der Waals surface area contributed by atoms with Gasteiger partial charge in [0.25, 0.3) is 0 Å². The molecule has 0 aliphatic heterocycles. The van der Waals surface area contributed by atoms with Crippen molar-refractivity contribution in [2.24, 2.45) is 0 Å². The third-order valence-electron chi connectivity index (χ3n) is 11.3. The highest BCUT2D eigenvalue weighted by atomic mass is 31.2. The number of phosphoric ester groups is 1. The molecule has 0 radical (unpaired) electrons. The highest BCUT2D eigenvalue weighted by Gasteiger charge is 2.51. The number of ether oxygens (including phenoxy) is 2. The Kier molecular flexibility index (Phi) is 35.4. The van der Waals surface area contributed by atoms with E-state index >= 15 is 0 Å². The second-order valence-electron chi connectivity index (χ2n) is 17.0. The predicted molar refractivity (Wildman–Crippen MR) is 240 cm³/mol. The molecule has 0 heterocycles. The summed E-state index contributed by atoms with van der Waals surface area (Å²) in [5.74, 6) is -1.11. The largest absolute Gasteiger partial charge is 0.472 e. The number of hydrogen-bond donors (Lipinski definition) is 6. The number of hydrogen-bond acceptors (Lipinski definition) is 12. The van der Waals surface area contributed by atoms with Gasteiger partial charge in [0.2, 0.25) is 0 Å². The molecule has 1 fully saturated rings. The molecule has 0 aromatic heterocycles. The maximum absolute atomic E-state index is 12.8. The Morgan fingerprint density at radius 2 is 0.836 bits per heavy atom. The van der Waals surface area contributed by atoms with Crippen LogP contribution < -0.4 is 0 Å². The molecule has 14 heteroatoms. The van der Waals surface area contributed by atoms with Gasteiger partial charge in [0.15, 0.2) is 6.10 Å². The van der Waals surface area contributed by atoms with Crippen molar-refractivity contribution in [3.05, 3.63) is 24.3 Å². The summed E-state index contributed by atoms with van der Waals surface area (Å²) in [4.78, 5) is 35.7. The van der Waals surface area contributed by atoms with E-state index in [1.165, 1.54) is 103 Å². The van der Waals surface area contributed by atoms with Gasteiger partial charge in [-0.15, -0.1) is 0 Å². The van der Waals surface area contributed by atoms with E-state index in [-0.39, 0.29) is 12.8 Å². The molecular weight excluding hydrogens is 803 g/mol. The maximum atomic E-state index is 12.8. The summed E-state index contributed by atoms with van der Waals surface area (Å²) in [5.41, 5.74) is 0. The van der Waals surface area contributed by atoms with Gasteiger partial charge >= 0.3 is 19.8 Å². The van der Waals surface area contributed by atoms with E-state index in [1.807, 2.05) is 0 Å². The Hall–Kier alpha value is -1.67. The predicted octanol–water partition coefficient (Wildman–Crippen LogP) is 9.62. The van der Waals surface area contributed by atoms with Crippen LogP contribution in [0.1, 0.15) is 206 Å². The number of carbonyl (C=O) groups excluding carboxylic acids is 2. The van der Waals surface area contributed by atoms with E-state index < -0.39 is 75.7 Å². The molecule has 0 bridgehead atoms. The van der Waals surface area contributed by atoms with Gasteiger partial charge in [-0.3, -0.25) is 18.6 Å². The molecule has 13 nitrogen and oxygen atoms in total. The zero-order valence-electron chi connectivity index (χ0n) is 38.0. The second-order valence-corrected chi connectivity index (χ2v) is 18.4. The summed E-state index contributed by atoms with van der Waals surface area (Å²) in [6.45, 7) is 3.28. The molecule has 0 amide bonds. The van der Waals surface area contributed by atoms with E-state index in [9.17, 15) is 44.6 Å². The Morgan fingerprint density at radius 3 is 1.26 bits per heavy atom. The Bertz CT molecular complexity index is 1170. The van der Waals surface area contributed by atoms with Gasteiger partial charge in [-0.1, -0.05) is 154 Å². The first-order valence-electron chi connectivity index (χ1n) is 24.1. The van der Waals surface area contributed by atoms with Crippen LogP contribution in [-0.2, 0) is 32.7 Å². The van der Waals surface area contributed by atoms with Crippen molar-refractivity contribution < 1.29 is 63.1 Å². The minimum absolute atomic E-state index is 0.0880. The highest BCUT2D eigenvalue weighted by molar-refractivity contribution is 7.47. The lowest BCUT2D eigenvalue weighted by Crippen LogP contribution is -2.64. The van der Waals surface area contributed by atoms with E-state index in [0.717, 1.165) is 64.2 Å². The summed E-state index contributed by atoms with van der Waals surface area (Å²) in [5, 5.41) is 50.1. The summed E-state index contributed by atoms with van der Waals surface area (Å²) in [6, 6.07) is 0. The van der Waals surface area contributed by atoms with Crippen molar-refractivity contribution in [1.29, 1.82) is 0 Å². The fourth-order valence-corrected chi connectivity index (χ4v) is 8.31. The normalized spacial score (nSPS) is 22.2. The molecule has 1 aliphatic rings. The average molecular weight is 891 g/mol. The fourth-order valence-electron chi connectivity index (χ4n) is 7.34. The molecule has 6 N–H and O–H groups in total. The van der Waals surface area contributed by atoms with Crippen molar-refractivity contribution >= 4 is 19.8 Å². The number of aliphatic hydroxyl groups excluding tert-OH is 5.